The summed E-state index contributed by atoms with van der Waals surface area (Å²) in [6.45, 7) is 7.48. The zero-order valence-corrected chi connectivity index (χ0v) is 12.4. The summed E-state index contributed by atoms with van der Waals surface area (Å²) in [5.41, 5.74) is 2.05. The number of nitrogens with zero attached hydrogens (tertiary/aromatic N) is 4. The lowest BCUT2D eigenvalue weighted by Crippen LogP contribution is -2.32. The van der Waals surface area contributed by atoms with Gasteiger partial charge in [-0.2, -0.15) is 5.10 Å². The van der Waals surface area contributed by atoms with Crippen molar-refractivity contribution >= 4 is 5.95 Å². The second kappa shape index (κ2) is 8.77. The number of anilines is 1. The summed E-state index contributed by atoms with van der Waals surface area (Å²) in [5, 5.41) is 11.7. The van der Waals surface area contributed by atoms with Crippen molar-refractivity contribution in [3.63, 3.8) is 0 Å². The van der Waals surface area contributed by atoms with Gasteiger partial charge < -0.3 is 15.0 Å². The van der Waals surface area contributed by atoms with Gasteiger partial charge in [0.25, 0.3) is 0 Å². The predicted octanol–water partition coefficient (Wildman–Crippen LogP) is 0.669. The first kappa shape index (κ1) is 15.8. The summed E-state index contributed by atoms with van der Waals surface area (Å²) >= 11 is 0. The van der Waals surface area contributed by atoms with Crippen molar-refractivity contribution < 1.29 is 4.74 Å². The topological polar surface area (TPSA) is 63.2 Å². The first-order valence-corrected chi connectivity index (χ1v) is 6.86. The van der Waals surface area contributed by atoms with E-state index < -0.39 is 0 Å². The van der Waals surface area contributed by atoms with Gasteiger partial charge in [0.2, 0.25) is 5.95 Å². The minimum Gasteiger partial charge on any atom is -0.383 e. The third-order valence-electron chi connectivity index (χ3n) is 2.95. The van der Waals surface area contributed by atoms with Crippen molar-refractivity contribution in [2.75, 3.05) is 45.3 Å². The highest BCUT2D eigenvalue weighted by atomic mass is 16.5. The van der Waals surface area contributed by atoms with E-state index in [4.69, 9.17) is 4.74 Å². The van der Waals surface area contributed by atoms with Crippen LogP contribution in [0.5, 0.6) is 0 Å². The molecule has 19 heavy (non-hydrogen) atoms. The number of nitrogens with one attached hydrogen (secondary N) is 1. The minimum absolute atomic E-state index is 0.697. The SMILES string of the molecule is CCc1nnc(N(C)CCNCCOC)nc1CC. The molecule has 0 aliphatic rings. The van der Waals surface area contributed by atoms with Gasteiger partial charge in [-0.05, 0) is 12.8 Å². The average molecular weight is 267 g/mol. The molecule has 0 bridgehead atoms. The largest absolute Gasteiger partial charge is 0.383 e. The van der Waals surface area contributed by atoms with Crippen LogP contribution in [0.4, 0.5) is 5.95 Å². The van der Waals surface area contributed by atoms with Crippen LogP contribution in [0.25, 0.3) is 0 Å². The van der Waals surface area contributed by atoms with Gasteiger partial charge in [-0.1, -0.05) is 13.8 Å². The van der Waals surface area contributed by atoms with E-state index in [1.54, 1.807) is 7.11 Å². The van der Waals surface area contributed by atoms with Gasteiger partial charge >= 0.3 is 0 Å². The van der Waals surface area contributed by atoms with Crippen molar-refractivity contribution in [1.29, 1.82) is 0 Å². The predicted molar refractivity (Wildman–Crippen MR) is 76.6 cm³/mol. The molecule has 0 unspecified atom stereocenters. The molecule has 0 aromatic carbocycles. The molecule has 0 radical (unpaired) electrons. The minimum atomic E-state index is 0.697. The lowest BCUT2D eigenvalue weighted by molar-refractivity contribution is 0.200. The Hall–Kier alpha value is -1.27. The smallest absolute Gasteiger partial charge is 0.245 e. The fourth-order valence-electron chi connectivity index (χ4n) is 1.74. The molecular weight excluding hydrogens is 242 g/mol. The monoisotopic (exact) mass is 267 g/mol. The molecule has 108 valence electrons. The standard InChI is InChI=1S/C13H25N5O/c1-5-11-12(6-2)16-17-13(15-11)18(3)9-7-14-8-10-19-4/h14H,5-10H2,1-4H3. The average Bonchev–Trinajstić information content (AvgIpc) is 2.46. The van der Waals surface area contributed by atoms with Crippen LogP contribution < -0.4 is 10.2 Å². The molecule has 1 aromatic heterocycles. The van der Waals surface area contributed by atoms with Gasteiger partial charge in [0.15, 0.2) is 0 Å². The van der Waals surface area contributed by atoms with Gasteiger partial charge in [0.05, 0.1) is 18.0 Å². The molecule has 6 nitrogen and oxygen atoms in total. The number of aryl methyl sites for hydroxylation is 2. The van der Waals surface area contributed by atoms with Crippen LogP contribution in [0, 0.1) is 0 Å². The zero-order chi connectivity index (χ0) is 14.1. The molecule has 0 saturated carbocycles. The lowest BCUT2D eigenvalue weighted by atomic mass is 10.2. The van der Waals surface area contributed by atoms with E-state index in [2.05, 4.69) is 34.3 Å². The van der Waals surface area contributed by atoms with Crippen LogP contribution in [-0.4, -0.2) is 55.6 Å². The molecule has 0 atom stereocenters. The van der Waals surface area contributed by atoms with Crippen molar-refractivity contribution in [2.45, 2.75) is 26.7 Å². The van der Waals surface area contributed by atoms with Crippen molar-refractivity contribution in [2.24, 2.45) is 0 Å². The molecule has 0 spiro atoms. The highest BCUT2D eigenvalue weighted by Crippen LogP contribution is 2.09. The Balaban J connectivity index is 2.49. The summed E-state index contributed by atoms with van der Waals surface area (Å²) in [5.74, 6) is 0.697. The molecule has 0 amide bonds. The van der Waals surface area contributed by atoms with Crippen molar-refractivity contribution in [1.82, 2.24) is 20.5 Å². The van der Waals surface area contributed by atoms with Gasteiger partial charge in [0, 0.05) is 33.8 Å². The van der Waals surface area contributed by atoms with Crippen LogP contribution >= 0.6 is 0 Å². The highest BCUT2D eigenvalue weighted by molar-refractivity contribution is 5.29. The third-order valence-corrected chi connectivity index (χ3v) is 2.95. The van der Waals surface area contributed by atoms with Crippen molar-refractivity contribution in [3.8, 4) is 0 Å². The second-order valence-electron chi connectivity index (χ2n) is 4.38. The van der Waals surface area contributed by atoms with Crippen molar-refractivity contribution in [3.05, 3.63) is 11.4 Å². The van der Waals surface area contributed by atoms with Gasteiger partial charge in [0.1, 0.15) is 0 Å². The molecule has 1 aromatic rings. The van der Waals surface area contributed by atoms with Gasteiger partial charge in [-0.3, -0.25) is 0 Å². The second-order valence-corrected chi connectivity index (χ2v) is 4.38. The number of hydrogen-bond acceptors (Lipinski definition) is 6. The number of aromatic nitrogens is 3. The number of hydrogen-bond donors (Lipinski definition) is 1. The Morgan fingerprint density at radius 3 is 2.47 bits per heavy atom. The van der Waals surface area contributed by atoms with Crippen LogP contribution in [0.2, 0.25) is 0 Å². The summed E-state index contributed by atoms with van der Waals surface area (Å²) in [4.78, 5) is 6.60. The molecule has 1 rings (SSSR count). The number of rotatable bonds is 9. The molecular formula is C13H25N5O. The van der Waals surface area contributed by atoms with E-state index >= 15 is 0 Å². The Kier molecular flexibility index (Phi) is 7.28. The van der Waals surface area contributed by atoms with E-state index in [0.29, 0.717) is 5.95 Å². The van der Waals surface area contributed by atoms with E-state index in [9.17, 15) is 0 Å². The zero-order valence-electron chi connectivity index (χ0n) is 12.4. The van der Waals surface area contributed by atoms with Crippen LogP contribution in [0.15, 0.2) is 0 Å². The Morgan fingerprint density at radius 2 is 1.84 bits per heavy atom. The first-order valence-electron chi connectivity index (χ1n) is 6.86. The van der Waals surface area contributed by atoms with E-state index in [0.717, 1.165) is 50.5 Å². The maximum absolute atomic E-state index is 4.98. The molecule has 1 N–H and O–H groups in total. The van der Waals surface area contributed by atoms with E-state index in [1.165, 1.54) is 0 Å². The van der Waals surface area contributed by atoms with E-state index in [1.807, 2.05) is 11.9 Å². The first-order chi connectivity index (χ1) is 9.22. The van der Waals surface area contributed by atoms with Gasteiger partial charge in [-0.25, -0.2) is 4.98 Å². The summed E-state index contributed by atoms with van der Waals surface area (Å²) < 4.78 is 4.98. The fraction of sp³-hybridized carbons (Fsp3) is 0.769. The maximum Gasteiger partial charge on any atom is 0.245 e. The Labute approximate surface area is 115 Å². The normalized spacial score (nSPS) is 10.7. The number of methoxy groups -OCH3 is 1. The molecule has 0 aliphatic heterocycles. The third kappa shape index (κ3) is 5.08. The molecule has 0 aliphatic carbocycles. The quantitative estimate of drug-likeness (QED) is 0.664. The van der Waals surface area contributed by atoms with E-state index in [-0.39, 0.29) is 0 Å². The van der Waals surface area contributed by atoms with Crippen LogP contribution in [0.3, 0.4) is 0 Å². The highest BCUT2D eigenvalue weighted by Gasteiger charge is 2.09. The number of likely N-dealkylation sites (N-methyl/N-ethyl adjacent to an activating group) is 1. The summed E-state index contributed by atoms with van der Waals surface area (Å²) in [6, 6.07) is 0. The van der Waals surface area contributed by atoms with Gasteiger partial charge in [-0.15, -0.1) is 5.10 Å². The lowest BCUT2D eigenvalue weighted by Gasteiger charge is -2.17. The maximum atomic E-state index is 4.98. The Morgan fingerprint density at radius 1 is 1.11 bits per heavy atom. The molecule has 0 fully saturated rings. The fourth-order valence-corrected chi connectivity index (χ4v) is 1.74. The molecule has 1 heterocycles. The summed E-state index contributed by atoms with van der Waals surface area (Å²) in [6.07, 6.45) is 1.78. The van der Waals surface area contributed by atoms with Crippen LogP contribution in [-0.2, 0) is 17.6 Å². The molecule has 0 saturated heterocycles. The van der Waals surface area contributed by atoms with Crippen LogP contribution in [0.1, 0.15) is 25.2 Å². The molecule has 6 heteroatoms. The Bertz CT molecular complexity index is 372. The number of ether oxygens (including phenoxy) is 1. The summed E-state index contributed by atoms with van der Waals surface area (Å²) in [7, 11) is 3.69.